The van der Waals surface area contributed by atoms with Gasteiger partial charge in [-0.05, 0) is 32.1 Å². The van der Waals surface area contributed by atoms with Crippen LogP contribution >= 0.6 is 11.6 Å². The Morgan fingerprint density at radius 3 is 2.95 bits per heavy atom. The first kappa shape index (κ1) is 16.8. The van der Waals surface area contributed by atoms with E-state index in [-0.39, 0.29) is 0 Å². The molecule has 0 radical (unpaired) electrons. The standard InChI is InChI=1S/C16H27ClN2O2/c1-4-9-19-14(13(17)11-18-19)15(20)16(21-5-2)8-6-7-12(3)10-16/h11-12,15,20H,4-10H2,1-3H3. The molecular formula is C16H27ClN2O2. The van der Waals surface area contributed by atoms with E-state index in [4.69, 9.17) is 16.3 Å². The molecule has 5 heteroatoms. The molecule has 0 spiro atoms. The number of nitrogens with zero attached hydrogens (tertiary/aromatic N) is 2. The second kappa shape index (κ2) is 7.12. The molecule has 0 aliphatic heterocycles. The number of aryl methyl sites for hydroxylation is 1. The Hall–Kier alpha value is -0.580. The zero-order valence-electron chi connectivity index (χ0n) is 13.3. The van der Waals surface area contributed by atoms with Gasteiger partial charge in [-0.3, -0.25) is 4.68 Å². The van der Waals surface area contributed by atoms with E-state index >= 15 is 0 Å². The van der Waals surface area contributed by atoms with E-state index in [1.165, 1.54) is 6.42 Å². The molecular weight excluding hydrogens is 288 g/mol. The largest absolute Gasteiger partial charge is 0.384 e. The summed E-state index contributed by atoms with van der Waals surface area (Å²) in [6.45, 7) is 7.66. The predicted molar refractivity (Wildman–Crippen MR) is 84.5 cm³/mol. The van der Waals surface area contributed by atoms with Gasteiger partial charge in [0, 0.05) is 13.2 Å². The Bertz CT molecular complexity index is 459. The summed E-state index contributed by atoms with van der Waals surface area (Å²) >= 11 is 6.29. The van der Waals surface area contributed by atoms with Crippen molar-refractivity contribution >= 4 is 11.6 Å². The van der Waals surface area contributed by atoms with Crippen molar-refractivity contribution in [1.82, 2.24) is 9.78 Å². The number of aromatic nitrogens is 2. The van der Waals surface area contributed by atoms with Gasteiger partial charge in [-0.2, -0.15) is 5.10 Å². The molecule has 1 aliphatic rings. The van der Waals surface area contributed by atoms with Crippen LogP contribution in [0.5, 0.6) is 0 Å². The summed E-state index contributed by atoms with van der Waals surface area (Å²) in [6, 6.07) is 0. The second-order valence-corrected chi connectivity index (χ2v) is 6.61. The van der Waals surface area contributed by atoms with Crippen LogP contribution in [0.25, 0.3) is 0 Å². The van der Waals surface area contributed by atoms with Crippen molar-refractivity contribution in [3.63, 3.8) is 0 Å². The lowest BCUT2D eigenvalue weighted by Crippen LogP contribution is -2.44. The quantitative estimate of drug-likeness (QED) is 0.864. The smallest absolute Gasteiger partial charge is 0.126 e. The van der Waals surface area contributed by atoms with Gasteiger partial charge in [-0.1, -0.05) is 38.3 Å². The average Bonchev–Trinajstić information content (AvgIpc) is 2.80. The molecule has 3 atom stereocenters. The molecule has 1 fully saturated rings. The van der Waals surface area contributed by atoms with Crippen LogP contribution < -0.4 is 0 Å². The minimum Gasteiger partial charge on any atom is -0.384 e. The molecule has 1 heterocycles. The molecule has 1 aromatic rings. The van der Waals surface area contributed by atoms with E-state index in [2.05, 4.69) is 18.9 Å². The summed E-state index contributed by atoms with van der Waals surface area (Å²) in [7, 11) is 0. The Kier molecular flexibility index (Phi) is 5.69. The lowest BCUT2D eigenvalue weighted by molar-refractivity contribution is -0.152. The predicted octanol–water partition coefficient (Wildman–Crippen LogP) is 3.97. The fraction of sp³-hybridized carbons (Fsp3) is 0.812. The van der Waals surface area contributed by atoms with E-state index in [0.29, 0.717) is 23.2 Å². The van der Waals surface area contributed by atoms with Crippen LogP contribution in [0.1, 0.15) is 64.7 Å². The normalized spacial score (nSPS) is 27.8. The zero-order chi connectivity index (χ0) is 15.5. The molecule has 4 nitrogen and oxygen atoms in total. The van der Waals surface area contributed by atoms with Crippen LogP contribution in [-0.2, 0) is 11.3 Å². The van der Waals surface area contributed by atoms with Gasteiger partial charge >= 0.3 is 0 Å². The Balaban J connectivity index is 2.34. The average molecular weight is 315 g/mol. The lowest BCUT2D eigenvalue weighted by Gasteiger charge is -2.43. The zero-order valence-corrected chi connectivity index (χ0v) is 14.1. The molecule has 0 amide bonds. The van der Waals surface area contributed by atoms with Crippen LogP contribution in [0, 0.1) is 5.92 Å². The summed E-state index contributed by atoms with van der Waals surface area (Å²) in [5.41, 5.74) is 0.183. The molecule has 21 heavy (non-hydrogen) atoms. The van der Waals surface area contributed by atoms with Crippen molar-refractivity contribution < 1.29 is 9.84 Å². The maximum absolute atomic E-state index is 11.1. The van der Waals surface area contributed by atoms with Crippen molar-refractivity contribution in [1.29, 1.82) is 0 Å². The van der Waals surface area contributed by atoms with Gasteiger partial charge in [0.05, 0.1) is 22.5 Å². The molecule has 3 unspecified atom stereocenters. The van der Waals surface area contributed by atoms with Crippen LogP contribution in [0.2, 0.25) is 5.02 Å². The van der Waals surface area contributed by atoms with E-state index in [0.717, 1.165) is 32.2 Å². The first-order valence-electron chi connectivity index (χ1n) is 8.07. The third kappa shape index (κ3) is 3.43. The molecule has 1 aromatic heterocycles. The highest BCUT2D eigenvalue weighted by Crippen LogP contribution is 2.45. The van der Waals surface area contributed by atoms with Crippen molar-refractivity contribution in [3.8, 4) is 0 Å². The Labute approximate surface area is 132 Å². The van der Waals surface area contributed by atoms with E-state index in [9.17, 15) is 5.11 Å². The van der Waals surface area contributed by atoms with Gasteiger partial charge in [0.1, 0.15) is 6.10 Å². The topological polar surface area (TPSA) is 47.3 Å². The Morgan fingerprint density at radius 2 is 2.33 bits per heavy atom. The minimum absolute atomic E-state index is 0.526. The van der Waals surface area contributed by atoms with Gasteiger partial charge in [0.25, 0.3) is 0 Å². The van der Waals surface area contributed by atoms with Crippen molar-refractivity contribution in [3.05, 3.63) is 16.9 Å². The number of ether oxygens (including phenoxy) is 1. The van der Waals surface area contributed by atoms with Crippen LogP contribution in [0.15, 0.2) is 6.20 Å². The number of hydrogen-bond donors (Lipinski definition) is 1. The van der Waals surface area contributed by atoms with Crippen LogP contribution in [-0.4, -0.2) is 27.1 Å². The number of aliphatic hydroxyl groups is 1. The molecule has 0 aromatic carbocycles. The molecule has 120 valence electrons. The molecule has 1 saturated carbocycles. The highest BCUT2D eigenvalue weighted by Gasteiger charge is 2.44. The number of hydrogen-bond acceptors (Lipinski definition) is 3. The summed E-state index contributed by atoms with van der Waals surface area (Å²) in [5, 5.41) is 15.9. The van der Waals surface area contributed by atoms with E-state index in [1.807, 2.05) is 11.6 Å². The molecule has 0 saturated heterocycles. The SMILES string of the molecule is CCCn1ncc(Cl)c1C(O)C1(OCC)CCCC(C)C1. The number of rotatable bonds is 6. The molecule has 1 aliphatic carbocycles. The summed E-state index contributed by atoms with van der Waals surface area (Å²) in [6.07, 6.45) is 5.88. The summed E-state index contributed by atoms with van der Waals surface area (Å²) in [4.78, 5) is 0. The van der Waals surface area contributed by atoms with Crippen molar-refractivity contribution in [2.24, 2.45) is 5.92 Å². The highest BCUT2D eigenvalue weighted by atomic mass is 35.5. The van der Waals surface area contributed by atoms with Gasteiger partial charge in [-0.25, -0.2) is 0 Å². The van der Waals surface area contributed by atoms with Gasteiger partial charge in [-0.15, -0.1) is 0 Å². The van der Waals surface area contributed by atoms with Crippen LogP contribution in [0.3, 0.4) is 0 Å². The minimum atomic E-state index is -0.721. The third-order valence-corrected chi connectivity index (χ3v) is 4.74. The molecule has 1 N–H and O–H groups in total. The maximum atomic E-state index is 11.1. The van der Waals surface area contributed by atoms with E-state index < -0.39 is 11.7 Å². The maximum Gasteiger partial charge on any atom is 0.126 e. The highest BCUT2D eigenvalue weighted by molar-refractivity contribution is 6.31. The van der Waals surface area contributed by atoms with Crippen molar-refractivity contribution in [2.45, 2.75) is 71.1 Å². The van der Waals surface area contributed by atoms with Gasteiger partial charge < -0.3 is 9.84 Å². The third-order valence-electron chi connectivity index (χ3n) is 4.45. The number of aliphatic hydroxyl groups excluding tert-OH is 1. The van der Waals surface area contributed by atoms with Gasteiger partial charge in [0.2, 0.25) is 0 Å². The monoisotopic (exact) mass is 314 g/mol. The first-order valence-corrected chi connectivity index (χ1v) is 8.45. The number of halogens is 1. The summed E-state index contributed by atoms with van der Waals surface area (Å²) in [5.74, 6) is 0.557. The van der Waals surface area contributed by atoms with E-state index in [1.54, 1.807) is 6.20 Å². The fourth-order valence-corrected chi connectivity index (χ4v) is 3.82. The van der Waals surface area contributed by atoms with Crippen molar-refractivity contribution in [2.75, 3.05) is 6.61 Å². The second-order valence-electron chi connectivity index (χ2n) is 6.20. The molecule has 0 bridgehead atoms. The van der Waals surface area contributed by atoms with Crippen LogP contribution in [0.4, 0.5) is 0 Å². The Morgan fingerprint density at radius 1 is 1.57 bits per heavy atom. The fourth-order valence-electron chi connectivity index (χ4n) is 3.57. The lowest BCUT2D eigenvalue weighted by atomic mass is 9.74. The van der Waals surface area contributed by atoms with Gasteiger partial charge in [0.15, 0.2) is 0 Å². The first-order chi connectivity index (χ1) is 10.0. The molecule has 2 rings (SSSR count). The summed E-state index contributed by atoms with van der Waals surface area (Å²) < 4.78 is 7.89.